The molecule has 2 heterocycles. The van der Waals surface area contributed by atoms with Crippen molar-refractivity contribution in [2.45, 2.75) is 19.9 Å². The number of fused-ring (bicyclic) bond motifs is 1. The van der Waals surface area contributed by atoms with Crippen LogP contribution in [-0.2, 0) is 0 Å². The quantitative estimate of drug-likeness (QED) is 0.664. The molecule has 0 radical (unpaired) electrons. The van der Waals surface area contributed by atoms with E-state index in [-0.39, 0.29) is 11.7 Å². The molecule has 0 amide bonds. The van der Waals surface area contributed by atoms with E-state index in [4.69, 9.17) is 0 Å². The Morgan fingerprint density at radius 3 is 2.46 bits per heavy atom. The van der Waals surface area contributed by atoms with E-state index in [0.717, 1.165) is 37.3 Å². The molecule has 3 aromatic rings. The van der Waals surface area contributed by atoms with Crippen molar-refractivity contribution in [1.82, 2.24) is 9.88 Å². The van der Waals surface area contributed by atoms with Gasteiger partial charge in [0, 0.05) is 49.5 Å². The summed E-state index contributed by atoms with van der Waals surface area (Å²) in [6.45, 7) is 8.70. The molecule has 0 unspecified atom stereocenters. The van der Waals surface area contributed by atoms with Crippen molar-refractivity contribution >= 4 is 28.5 Å². The van der Waals surface area contributed by atoms with Gasteiger partial charge in [-0.05, 0) is 56.3 Å². The molecular formula is C22H25FN4O. The first-order valence-corrected chi connectivity index (χ1v) is 9.64. The van der Waals surface area contributed by atoms with E-state index in [0.29, 0.717) is 17.1 Å². The standard InChI is InChI=1S/C22H25FN4O/c1-15(2)26-9-11-27(12-10-26)18-6-4-17(5-7-18)24-14-20-19-8-3-16(23)13-21(19)25-22(20)28/h3-8,13-15,25,28H,9-12H2,1-2H3. The van der Waals surface area contributed by atoms with E-state index in [1.54, 1.807) is 12.3 Å². The Hall–Kier alpha value is -2.86. The third-order valence-electron chi connectivity index (χ3n) is 5.38. The SMILES string of the molecule is CC(C)N1CCN(c2ccc(N=Cc3c(O)[nH]c4cc(F)ccc34)cc2)CC1. The smallest absolute Gasteiger partial charge is 0.198 e. The van der Waals surface area contributed by atoms with Gasteiger partial charge in [0.25, 0.3) is 0 Å². The molecule has 1 aromatic heterocycles. The van der Waals surface area contributed by atoms with Crippen LogP contribution in [0.1, 0.15) is 19.4 Å². The average molecular weight is 380 g/mol. The first-order valence-electron chi connectivity index (χ1n) is 9.64. The number of aromatic hydroxyl groups is 1. The molecule has 146 valence electrons. The molecule has 2 aromatic carbocycles. The number of aromatic nitrogens is 1. The van der Waals surface area contributed by atoms with E-state index >= 15 is 0 Å². The second-order valence-electron chi connectivity index (χ2n) is 7.47. The Morgan fingerprint density at radius 2 is 1.79 bits per heavy atom. The Morgan fingerprint density at radius 1 is 1.07 bits per heavy atom. The molecule has 0 atom stereocenters. The molecule has 0 spiro atoms. The van der Waals surface area contributed by atoms with Crippen molar-refractivity contribution in [1.29, 1.82) is 0 Å². The summed E-state index contributed by atoms with van der Waals surface area (Å²) in [5.74, 6) is -0.356. The zero-order valence-corrected chi connectivity index (χ0v) is 16.2. The van der Waals surface area contributed by atoms with E-state index < -0.39 is 0 Å². The lowest BCUT2D eigenvalue weighted by Gasteiger charge is -2.38. The second-order valence-corrected chi connectivity index (χ2v) is 7.47. The Balaban J connectivity index is 1.47. The van der Waals surface area contributed by atoms with E-state index in [9.17, 15) is 9.50 Å². The highest BCUT2D eigenvalue weighted by molar-refractivity contribution is 6.02. The van der Waals surface area contributed by atoms with Gasteiger partial charge in [0.2, 0.25) is 0 Å². The molecule has 1 aliphatic heterocycles. The predicted octanol–water partition coefficient (Wildman–Crippen LogP) is 4.29. The lowest BCUT2D eigenvalue weighted by atomic mass is 10.2. The van der Waals surface area contributed by atoms with Gasteiger partial charge in [-0.1, -0.05) is 0 Å². The van der Waals surface area contributed by atoms with Gasteiger partial charge >= 0.3 is 0 Å². The Labute approximate surface area is 164 Å². The molecule has 0 saturated carbocycles. The third-order valence-corrected chi connectivity index (χ3v) is 5.38. The number of hydrogen-bond donors (Lipinski definition) is 2. The van der Waals surface area contributed by atoms with Crippen LogP contribution >= 0.6 is 0 Å². The van der Waals surface area contributed by atoms with Gasteiger partial charge < -0.3 is 15.0 Å². The van der Waals surface area contributed by atoms with Gasteiger partial charge in [-0.25, -0.2) is 4.39 Å². The normalized spacial score (nSPS) is 15.9. The van der Waals surface area contributed by atoms with E-state index in [1.165, 1.54) is 17.8 Å². The minimum absolute atomic E-state index is 0.0102. The summed E-state index contributed by atoms with van der Waals surface area (Å²) >= 11 is 0. The maximum atomic E-state index is 13.3. The van der Waals surface area contributed by atoms with Crippen molar-refractivity contribution < 1.29 is 9.50 Å². The van der Waals surface area contributed by atoms with Crippen molar-refractivity contribution in [3.05, 3.63) is 53.8 Å². The van der Waals surface area contributed by atoms with Crippen LogP contribution in [0.25, 0.3) is 10.9 Å². The van der Waals surface area contributed by atoms with Crippen LogP contribution in [0.15, 0.2) is 47.5 Å². The molecule has 6 heteroatoms. The average Bonchev–Trinajstić information content (AvgIpc) is 3.01. The summed E-state index contributed by atoms with van der Waals surface area (Å²) in [7, 11) is 0. The van der Waals surface area contributed by atoms with Gasteiger partial charge in [0.15, 0.2) is 5.88 Å². The van der Waals surface area contributed by atoms with E-state index in [2.05, 4.69) is 45.8 Å². The van der Waals surface area contributed by atoms with Gasteiger partial charge in [-0.15, -0.1) is 0 Å². The van der Waals surface area contributed by atoms with Crippen molar-refractivity contribution in [2.24, 2.45) is 4.99 Å². The zero-order valence-electron chi connectivity index (χ0n) is 16.2. The van der Waals surface area contributed by atoms with Crippen molar-refractivity contribution in [2.75, 3.05) is 31.1 Å². The van der Waals surface area contributed by atoms with Crippen LogP contribution in [0.4, 0.5) is 15.8 Å². The number of rotatable bonds is 4. The number of H-pyrrole nitrogens is 1. The highest BCUT2D eigenvalue weighted by Crippen LogP contribution is 2.27. The maximum absolute atomic E-state index is 13.3. The number of hydrogen-bond acceptors (Lipinski definition) is 4. The Bertz CT molecular complexity index is 986. The van der Waals surface area contributed by atoms with Crippen LogP contribution in [0.2, 0.25) is 0 Å². The van der Waals surface area contributed by atoms with Crippen LogP contribution in [-0.4, -0.2) is 53.4 Å². The first kappa shape index (κ1) is 18.5. The first-order chi connectivity index (χ1) is 13.5. The molecule has 1 fully saturated rings. The lowest BCUT2D eigenvalue weighted by Crippen LogP contribution is -2.48. The summed E-state index contributed by atoms with van der Waals surface area (Å²) < 4.78 is 13.3. The number of halogens is 1. The minimum Gasteiger partial charge on any atom is -0.494 e. The third kappa shape index (κ3) is 3.73. The molecule has 0 bridgehead atoms. The van der Waals surface area contributed by atoms with Crippen LogP contribution in [0, 0.1) is 5.82 Å². The monoisotopic (exact) mass is 380 g/mol. The fourth-order valence-electron chi connectivity index (χ4n) is 3.69. The molecule has 4 rings (SSSR count). The molecular weight excluding hydrogens is 355 g/mol. The van der Waals surface area contributed by atoms with Crippen LogP contribution in [0.3, 0.4) is 0 Å². The minimum atomic E-state index is -0.345. The van der Waals surface area contributed by atoms with Crippen LogP contribution in [0.5, 0.6) is 5.88 Å². The van der Waals surface area contributed by atoms with Crippen molar-refractivity contribution in [3.8, 4) is 5.88 Å². The Kier molecular flexibility index (Phi) is 5.05. The molecule has 0 aliphatic carbocycles. The van der Waals surface area contributed by atoms with Gasteiger partial charge in [0.1, 0.15) is 5.82 Å². The fraction of sp³-hybridized carbons (Fsp3) is 0.318. The summed E-state index contributed by atoms with van der Waals surface area (Å²) in [4.78, 5) is 12.1. The molecule has 2 N–H and O–H groups in total. The number of benzene rings is 2. The maximum Gasteiger partial charge on any atom is 0.198 e. The number of anilines is 1. The zero-order chi connectivity index (χ0) is 19.7. The number of aromatic amines is 1. The number of nitrogens with zero attached hydrogens (tertiary/aromatic N) is 3. The fourth-order valence-corrected chi connectivity index (χ4v) is 3.69. The number of nitrogens with one attached hydrogen (secondary N) is 1. The summed E-state index contributed by atoms with van der Waals surface area (Å²) in [5.41, 5.74) is 3.12. The molecule has 28 heavy (non-hydrogen) atoms. The number of aliphatic imine (C=N–C) groups is 1. The summed E-state index contributed by atoms with van der Waals surface area (Å²) in [5, 5.41) is 10.8. The largest absolute Gasteiger partial charge is 0.494 e. The highest BCUT2D eigenvalue weighted by Gasteiger charge is 2.18. The molecule has 1 aliphatic rings. The highest BCUT2D eigenvalue weighted by atomic mass is 19.1. The number of piperazine rings is 1. The second kappa shape index (κ2) is 7.64. The van der Waals surface area contributed by atoms with Crippen LogP contribution < -0.4 is 4.90 Å². The van der Waals surface area contributed by atoms with E-state index in [1.807, 2.05) is 12.1 Å². The summed E-state index contributed by atoms with van der Waals surface area (Å²) in [6, 6.07) is 13.1. The summed E-state index contributed by atoms with van der Waals surface area (Å²) in [6.07, 6.45) is 1.61. The topological polar surface area (TPSA) is 54.9 Å². The predicted molar refractivity (Wildman–Crippen MR) is 113 cm³/mol. The molecule has 1 saturated heterocycles. The van der Waals surface area contributed by atoms with Gasteiger partial charge in [-0.3, -0.25) is 9.89 Å². The lowest BCUT2D eigenvalue weighted by molar-refractivity contribution is 0.209. The van der Waals surface area contributed by atoms with Crippen molar-refractivity contribution in [3.63, 3.8) is 0 Å². The van der Waals surface area contributed by atoms with Gasteiger partial charge in [0.05, 0.1) is 16.8 Å². The van der Waals surface area contributed by atoms with Gasteiger partial charge in [-0.2, -0.15) is 0 Å². The molecule has 5 nitrogen and oxygen atoms in total.